The highest BCUT2D eigenvalue weighted by atomic mass is 16.6. The minimum Gasteiger partial charge on any atom is -0.444 e. The number of alkyl carbamates (subject to hydrolysis) is 1. The number of amides is 3. The average Bonchev–Trinajstić information content (AvgIpc) is 2.70. The van der Waals surface area contributed by atoms with E-state index in [1.807, 2.05) is 52.0 Å². The lowest BCUT2D eigenvalue weighted by Gasteiger charge is -2.43. The lowest BCUT2D eigenvalue weighted by atomic mass is 9.94. The SMILES string of the molecule is CCCCCNC(=O)C(c1cccc(C)c1)N(C(=O)C(CO)NC(=O)OC(C)(C)C)C(C)(C)C. The summed E-state index contributed by atoms with van der Waals surface area (Å²) in [5.41, 5.74) is 0.0487. The van der Waals surface area contributed by atoms with Crippen molar-refractivity contribution in [3.63, 3.8) is 0 Å². The minimum absolute atomic E-state index is 0.307. The number of aryl methyl sites for hydroxylation is 1. The Bertz CT molecular complexity index is 826. The van der Waals surface area contributed by atoms with Crippen LogP contribution in [0.5, 0.6) is 0 Å². The molecule has 0 aliphatic heterocycles. The molecule has 2 unspecified atom stereocenters. The van der Waals surface area contributed by atoms with E-state index in [1.165, 1.54) is 4.90 Å². The first-order valence-electron chi connectivity index (χ1n) is 12.0. The lowest BCUT2D eigenvalue weighted by molar-refractivity contribution is -0.149. The van der Waals surface area contributed by atoms with Crippen molar-refractivity contribution >= 4 is 17.9 Å². The van der Waals surface area contributed by atoms with Gasteiger partial charge in [-0.25, -0.2) is 4.79 Å². The first kappa shape index (κ1) is 29.4. The van der Waals surface area contributed by atoms with Crippen LogP contribution in [0.25, 0.3) is 0 Å². The van der Waals surface area contributed by atoms with Crippen LogP contribution in [0.2, 0.25) is 0 Å². The summed E-state index contributed by atoms with van der Waals surface area (Å²) in [7, 11) is 0. The zero-order chi connectivity index (χ0) is 26.1. The molecule has 0 spiro atoms. The summed E-state index contributed by atoms with van der Waals surface area (Å²) >= 11 is 0. The van der Waals surface area contributed by atoms with Gasteiger partial charge in [0.2, 0.25) is 11.8 Å². The Labute approximate surface area is 204 Å². The van der Waals surface area contributed by atoms with E-state index in [2.05, 4.69) is 17.6 Å². The topological polar surface area (TPSA) is 108 Å². The van der Waals surface area contributed by atoms with Gasteiger partial charge in [0.25, 0.3) is 0 Å². The predicted octanol–water partition coefficient (Wildman–Crippen LogP) is 3.86. The number of benzene rings is 1. The van der Waals surface area contributed by atoms with Crippen LogP contribution in [0.1, 0.15) is 84.9 Å². The Morgan fingerprint density at radius 3 is 2.24 bits per heavy atom. The van der Waals surface area contributed by atoms with E-state index < -0.39 is 41.8 Å². The number of unbranched alkanes of at least 4 members (excludes halogenated alkanes) is 2. The van der Waals surface area contributed by atoms with E-state index in [-0.39, 0.29) is 5.91 Å². The summed E-state index contributed by atoms with van der Waals surface area (Å²) in [5.74, 6) is -0.880. The molecule has 0 saturated heterocycles. The predicted molar refractivity (Wildman–Crippen MR) is 133 cm³/mol. The van der Waals surface area contributed by atoms with E-state index >= 15 is 0 Å². The van der Waals surface area contributed by atoms with E-state index in [0.717, 1.165) is 24.8 Å². The Morgan fingerprint density at radius 2 is 1.74 bits per heavy atom. The maximum Gasteiger partial charge on any atom is 0.408 e. The van der Waals surface area contributed by atoms with Gasteiger partial charge in [-0.3, -0.25) is 9.59 Å². The van der Waals surface area contributed by atoms with Gasteiger partial charge in [0, 0.05) is 12.1 Å². The average molecular weight is 478 g/mol. The highest BCUT2D eigenvalue weighted by molar-refractivity contribution is 5.92. The van der Waals surface area contributed by atoms with Gasteiger partial charge in [0.15, 0.2) is 0 Å². The number of carbonyl (C=O) groups is 3. The van der Waals surface area contributed by atoms with Crippen LogP contribution in [0.4, 0.5) is 4.79 Å². The molecular formula is C26H43N3O5. The van der Waals surface area contributed by atoms with Crippen molar-refractivity contribution in [3.8, 4) is 0 Å². The molecule has 1 aromatic carbocycles. The molecule has 0 aromatic heterocycles. The quantitative estimate of drug-likeness (QED) is 0.444. The number of aliphatic hydroxyl groups excluding tert-OH is 1. The van der Waals surface area contributed by atoms with Crippen LogP contribution >= 0.6 is 0 Å². The molecule has 2 atom stereocenters. The Kier molecular flexibility index (Phi) is 11.0. The molecule has 34 heavy (non-hydrogen) atoms. The molecule has 0 aliphatic rings. The molecule has 0 fully saturated rings. The summed E-state index contributed by atoms with van der Waals surface area (Å²) in [6, 6.07) is 5.24. The molecule has 0 heterocycles. The van der Waals surface area contributed by atoms with Gasteiger partial charge in [0.05, 0.1) is 6.61 Å². The van der Waals surface area contributed by atoms with Gasteiger partial charge in [0.1, 0.15) is 17.7 Å². The van der Waals surface area contributed by atoms with Crippen LogP contribution in [-0.2, 0) is 14.3 Å². The van der Waals surface area contributed by atoms with Crippen molar-refractivity contribution in [1.29, 1.82) is 0 Å². The van der Waals surface area contributed by atoms with Gasteiger partial charge >= 0.3 is 6.09 Å². The summed E-state index contributed by atoms with van der Waals surface area (Å²) in [6.45, 7) is 14.5. The maximum atomic E-state index is 13.7. The van der Waals surface area contributed by atoms with Gasteiger partial charge in [-0.15, -0.1) is 0 Å². The van der Waals surface area contributed by atoms with Crippen LogP contribution in [0.15, 0.2) is 24.3 Å². The third-order valence-corrected chi connectivity index (χ3v) is 5.08. The van der Waals surface area contributed by atoms with Crippen molar-refractivity contribution in [2.24, 2.45) is 0 Å². The van der Waals surface area contributed by atoms with Crippen molar-refractivity contribution in [2.45, 2.75) is 97.9 Å². The van der Waals surface area contributed by atoms with E-state index in [1.54, 1.807) is 20.8 Å². The lowest BCUT2D eigenvalue weighted by Crippen LogP contribution is -2.59. The number of ether oxygens (including phenoxy) is 1. The van der Waals surface area contributed by atoms with Gasteiger partial charge < -0.3 is 25.4 Å². The second kappa shape index (κ2) is 12.7. The molecule has 192 valence electrons. The number of aliphatic hydroxyl groups is 1. The highest BCUT2D eigenvalue weighted by Crippen LogP contribution is 2.30. The van der Waals surface area contributed by atoms with Crippen LogP contribution in [-0.4, -0.2) is 58.2 Å². The smallest absolute Gasteiger partial charge is 0.408 e. The van der Waals surface area contributed by atoms with Crippen molar-refractivity contribution in [1.82, 2.24) is 15.5 Å². The standard InChI is InChI=1S/C26H43N3O5/c1-9-10-11-15-27-22(31)21(19-14-12-13-18(2)16-19)29(25(3,4)5)23(32)20(17-30)28-24(33)34-26(6,7)8/h12-14,16,20-21,30H,9-11,15,17H2,1-8H3,(H,27,31)(H,28,33). The maximum absolute atomic E-state index is 13.7. The van der Waals surface area contributed by atoms with Crippen molar-refractivity contribution in [3.05, 3.63) is 35.4 Å². The molecular weight excluding hydrogens is 434 g/mol. The van der Waals surface area contributed by atoms with Crippen molar-refractivity contribution in [2.75, 3.05) is 13.2 Å². The molecule has 0 bridgehead atoms. The third-order valence-electron chi connectivity index (χ3n) is 5.08. The van der Waals surface area contributed by atoms with Crippen LogP contribution in [0.3, 0.4) is 0 Å². The van der Waals surface area contributed by atoms with E-state index in [4.69, 9.17) is 4.74 Å². The molecule has 8 heteroatoms. The number of hydrogen-bond donors (Lipinski definition) is 3. The molecule has 3 N–H and O–H groups in total. The van der Waals surface area contributed by atoms with Gasteiger partial charge in [-0.1, -0.05) is 49.6 Å². The molecule has 3 amide bonds. The number of carbonyl (C=O) groups excluding carboxylic acids is 3. The monoisotopic (exact) mass is 477 g/mol. The fraction of sp³-hybridized carbons (Fsp3) is 0.654. The molecule has 0 aliphatic carbocycles. The summed E-state index contributed by atoms with van der Waals surface area (Å²) in [6.07, 6.45) is 2.04. The second-order valence-corrected chi connectivity index (χ2v) is 10.6. The zero-order valence-corrected chi connectivity index (χ0v) is 22.0. The van der Waals surface area contributed by atoms with Gasteiger partial charge in [-0.05, 0) is 60.5 Å². The number of hydrogen-bond acceptors (Lipinski definition) is 5. The summed E-state index contributed by atoms with van der Waals surface area (Å²) < 4.78 is 5.26. The number of nitrogens with one attached hydrogen (secondary N) is 2. The largest absolute Gasteiger partial charge is 0.444 e. The molecule has 8 nitrogen and oxygen atoms in total. The zero-order valence-electron chi connectivity index (χ0n) is 22.0. The van der Waals surface area contributed by atoms with E-state index in [0.29, 0.717) is 12.1 Å². The Hall–Kier alpha value is -2.61. The Morgan fingerprint density at radius 1 is 1.09 bits per heavy atom. The molecule has 1 rings (SSSR count). The van der Waals surface area contributed by atoms with Crippen molar-refractivity contribution < 1.29 is 24.2 Å². The first-order chi connectivity index (χ1) is 15.7. The summed E-state index contributed by atoms with van der Waals surface area (Å²) in [4.78, 5) is 40.9. The fourth-order valence-electron chi connectivity index (χ4n) is 3.59. The highest BCUT2D eigenvalue weighted by Gasteiger charge is 2.41. The number of nitrogens with zero attached hydrogens (tertiary/aromatic N) is 1. The normalized spacial score (nSPS) is 13.6. The third kappa shape index (κ3) is 9.33. The molecule has 0 radical (unpaired) electrons. The van der Waals surface area contributed by atoms with E-state index in [9.17, 15) is 19.5 Å². The fourth-order valence-corrected chi connectivity index (χ4v) is 3.59. The first-order valence-corrected chi connectivity index (χ1v) is 12.0. The Balaban J connectivity index is 3.37. The summed E-state index contributed by atoms with van der Waals surface area (Å²) in [5, 5.41) is 15.4. The minimum atomic E-state index is -1.27. The van der Waals surface area contributed by atoms with Crippen LogP contribution < -0.4 is 10.6 Å². The van der Waals surface area contributed by atoms with Gasteiger partial charge in [-0.2, -0.15) is 0 Å². The molecule has 1 aromatic rings. The molecule has 0 saturated carbocycles. The number of rotatable bonds is 10. The van der Waals surface area contributed by atoms with Crippen LogP contribution in [0, 0.1) is 6.92 Å². The second-order valence-electron chi connectivity index (χ2n) is 10.6.